The van der Waals surface area contributed by atoms with Crippen LogP contribution in [0, 0.1) is 5.92 Å². The van der Waals surface area contributed by atoms with E-state index < -0.39 is 6.29 Å². The second kappa shape index (κ2) is 15.1. The highest BCUT2D eigenvalue weighted by Gasteiger charge is 2.38. The molecule has 0 bridgehead atoms. The molecule has 4 atom stereocenters. The number of oxazole rings is 1. The van der Waals surface area contributed by atoms with Gasteiger partial charge in [-0.15, -0.1) is 0 Å². The first-order chi connectivity index (χ1) is 24.1. The molecule has 1 aliphatic rings. The Morgan fingerprint density at radius 3 is 2.02 bits per heavy atom. The lowest BCUT2D eigenvalue weighted by molar-refractivity contribution is -0.268. The van der Waals surface area contributed by atoms with Gasteiger partial charge in [0.25, 0.3) is 11.1 Å². The van der Waals surface area contributed by atoms with Crippen molar-refractivity contribution < 1.29 is 23.8 Å². The summed E-state index contributed by atoms with van der Waals surface area (Å²) in [4.78, 5) is 17.7. The molecule has 1 aliphatic heterocycles. The van der Waals surface area contributed by atoms with Crippen LogP contribution in [0.3, 0.4) is 0 Å². The Bertz CT molecular complexity index is 1910. The fraction of sp³-hybridized carbons (Fsp3) is 0.171. The van der Waals surface area contributed by atoms with E-state index in [1.807, 2.05) is 127 Å². The lowest BCUT2D eigenvalue weighted by Gasteiger charge is -2.41. The monoisotopic (exact) mass is 668 g/mol. The molecular formula is C41H36N2O5S. The van der Waals surface area contributed by atoms with Crippen LogP contribution in [-0.2, 0) is 16.1 Å². The molecule has 1 aromatic heterocycles. The maximum atomic E-state index is 12.7. The first kappa shape index (κ1) is 32.6. The summed E-state index contributed by atoms with van der Waals surface area (Å²) in [5, 5.41) is 13.1. The Labute approximate surface area is 290 Å². The number of carbonyl (C=O) groups is 1. The van der Waals surface area contributed by atoms with E-state index in [0.717, 1.165) is 39.3 Å². The summed E-state index contributed by atoms with van der Waals surface area (Å²) in [7, 11) is 0. The standard InChI is InChI=1S/C41H36N2O5S/c1-27-35(26-49-41-43-36(29-11-5-2-6-12-29)38(48-41)30-13-7-3-8-14-30)46-40(47-37(27)31-19-17-28(25-44)18-20-31)33-21-23-34(24-22-33)42-39(45)32-15-9-4-10-16-32/h2-24,27,35,37,40,44H,25-26H2,1H3,(H,42,45). The number of carbonyl (C=O) groups excluding carboxylic acids is 1. The second-order valence-corrected chi connectivity index (χ2v) is 12.9. The van der Waals surface area contributed by atoms with Crippen molar-refractivity contribution in [3.63, 3.8) is 0 Å². The number of amides is 1. The average Bonchev–Trinajstić information content (AvgIpc) is 3.60. The lowest BCUT2D eigenvalue weighted by atomic mass is 9.91. The minimum atomic E-state index is -0.646. The first-order valence-electron chi connectivity index (χ1n) is 16.3. The van der Waals surface area contributed by atoms with E-state index in [1.165, 1.54) is 11.8 Å². The number of aliphatic hydroxyl groups excluding tert-OH is 1. The highest BCUT2D eigenvalue weighted by atomic mass is 32.2. The highest BCUT2D eigenvalue weighted by Crippen LogP contribution is 2.44. The largest absolute Gasteiger partial charge is 0.431 e. The molecule has 0 aliphatic carbocycles. The van der Waals surface area contributed by atoms with Gasteiger partial charge in [-0.25, -0.2) is 4.98 Å². The van der Waals surface area contributed by atoms with E-state index in [4.69, 9.17) is 18.9 Å². The van der Waals surface area contributed by atoms with Crippen LogP contribution in [-0.4, -0.2) is 27.9 Å². The number of nitrogens with one attached hydrogen (secondary N) is 1. The van der Waals surface area contributed by atoms with Crippen LogP contribution >= 0.6 is 11.8 Å². The fourth-order valence-electron chi connectivity index (χ4n) is 5.92. The van der Waals surface area contributed by atoms with Crippen LogP contribution in [0.4, 0.5) is 5.69 Å². The third kappa shape index (κ3) is 7.53. The average molecular weight is 669 g/mol. The molecular weight excluding hydrogens is 633 g/mol. The zero-order valence-corrected chi connectivity index (χ0v) is 27.8. The number of hydrogen-bond donors (Lipinski definition) is 2. The van der Waals surface area contributed by atoms with Gasteiger partial charge in [-0.2, -0.15) is 0 Å². The van der Waals surface area contributed by atoms with Crippen LogP contribution in [0.15, 0.2) is 149 Å². The molecule has 7 nitrogen and oxygen atoms in total. The Morgan fingerprint density at radius 2 is 1.37 bits per heavy atom. The van der Waals surface area contributed by atoms with Gasteiger partial charge in [0.05, 0.1) is 18.8 Å². The molecule has 6 aromatic rings. The SMILES string of the molecule is CC1C(CSc2nc(-c3ccccc3)c(-c3ccccc3)o2)OC(c2ccc(NC(=O)c3ccccc3)cc2)OC1c1ccc(CO)cc1. The molecule has 2 heterocycles. The van der Waals surface area contributed by atoms with Crippen molar-refractivity contribution in [3.8, 4) is 22.6 Å². The number of rotatable bonds is 10. The van der Waals surface area contributed by atoms with Gasteiger partial charge in [0.2, 0.25) is 0 Å². The Kier molecular flexibility index (Phi) is 10.0. The highest BCUT2D eigenvalue weighted by molar-refractivity contribution is 7.99. The summed E-state index contributed by atoms with van der Waals surface area (Å²) in [6.45, 7) is 2.11. The Morgan fingerprint density at radius 1 is 0.755 bits per heavy atom. The third-order valence-electron chi connectivity index (χ3n) is 8.66. The third-order valence-corrected chi connectivity index (χ3v) is 9.58. The zero-order valence-electron chi connectivity index (χ0n) is 26.9. The van der Waals surface area contributed by atoms with Crippen LogP contribution in [0.1, 0.15) is 46.4 Å². The van der Waals surface area contributed by atoms with E-state index in [-0.39, 0.29) is 30.6 Å². The second-order valence-electron chi connectivity index (χ2n) is 12.0. The van der Waals surface area contributed by atoms with E-state index in [2.05, 4.69) is 12.2 Å². The summed E-state index contributed by atoms with van der Waals surface area (Å²) in [5.74, 6) is 1.13. The molecule has 1 saturated heterocycles. The molecule has 49 heavy (non-hydrogen) atoms. The molecule has 4 unspecified atom stereocenters. The summed E-state index contributed by atoms with van der Waals surface area (Å²) in [6, 6.07) is 44.6. The summed E-state index contributed by atoms with van der Waals surface area (Å²) in [6.07, 6.45) is -1.12. The van der Waals surface area contributed by atoms with Gasteiger partial charge in [0, 0.05) is 39.6 Å². The predicted molar refractivity (Wildman–Crippen MR) is 192 cm³/mol. The van der Waals surface area contributed by atoms with Gasteiger partial charge in [-0.1, -0.05) is 134 Å². The van der Waals surface area contributed by atoms with Crippen molar-refractivity contribution in [1.29, 1.82) is 0 Å². The molecule has 1 fully saturated rings. The summed E-state index contributed by atoms with van der Waals surface area (Å²) >= 11 is 1.52. The molecule has 5 aromatic carbocycles. The van der Waals surface area contributed by atoms with Crippen LogP contribution < -0.4 is 5.32 Å². The van der Waals surface area contributed by atoms with Crippen molar-refractivity contribution >= 4 is 23.4 Å². The van der Waals surface area contributed by atoms with Crippen molar-refractivity contribution in [3.05, 3.63) is 162 Å². The quantitative estimate of drug-likeness (QED) is 0.141. The number of ether oxygens (including phenoxy) is 2. The number of aromatic nitrogens is 1. The van der Waals surface area contributed by atoms with Crippen LogP contribution in [0.25, 0.3) is 22.6 Å². The fourth-order valence-corrected chi connectivity index (χ4v) is 6.91. The smallest absolute Gasteiger partial charge is 0.256 e. The molecule has 8 heteroatoms. The molecule has 0 radical (unpaired) electrons. The topological polar surface area (TPSA) is 93.8 Å². The minimum absolute atomic E-state index is 0.00897. The lowest BCUT2D eigenvalue weighted by Crippen LogP contribution is -2.38. The van der Waals surface area contributed by atoms with E-state index in [0.29, 0.717) is 22.2 Å². The van der Waals surface area contributed by atoms with E-state index >= 15 is 0 Å². The summed E-state index contributed by atoms with van der Waals surface area (Å²) in [5.41, 5.74) is 6.71. The van der Waals surface area contributed by atoms with Crippen molar-refractivity contribution in [2.75, 3.05) is 11.1 Å². The van der Waals surface area contributed by atoms with Gasteiger partial charge in [0.15, 0.2) is 12.1 Å². The van der Waals surface area contributed by atoms with Crippen molar-refractivity contribution in [2.45, 2.75) is 37.3 Å². The number of nitrogens with zero attached hydrogens (tertiary/aromatic N) is 1. The molecule has 7 rings (SSSR count). The zero-order chi connectivity index (χ0) is 33.6. The minimum Gasteiger partial charge on any atom is -0.431 e. The number of thioether (sulfide) groups is 1. The van der Waals surface area contributed by atoms with E-state index in [9.17, 15) is 9.90 Å². The Hall–Kier alpha value is -4.99. The van der Waals surface area contributed by atoms with Crippen LogP contribution in [0.5, 0.6) is 0 Å². The molecule has 246 valence electrons. The first-order valence-corrected chi connectivity index (χ1v) is 17.3. The number of hydrogen-bond acceptors (Lipinski definition) is 7. The van der Waals surface area contributed by atoms with Gasteiger partial charge in [0.1, 0.15) is 5.69 Å². The van der Waals surface area contributed by atoms with Gasteiger partial charge < -0.3 is 24.3 Å². The number of benzene rings is 5. The van der Waals surface area contributed by atoms with E-state index in [1.54, 1.807) is 12.1 Å². The van der Waals surface area contributed by atoms with Crippen molar-refractivity contribution in [2.24, 2.45) is 5.92 Å². The molecule has 0 saturated carbocycles. The number of anilines is 1. The molecule has 1 amide bonds. The molecule has 0 spiro atoms. The normalized spacial score (nSPS) is 19.0. The Balaban J connectivity index is 1.13. The predicted octanol–water partition coefficient (Wildman–Crippen LogP) is 9.34. The van der Waals surface area contributed by atoms with Crippen molar-refractivity contribution in [1.82, 2.24) is 4.98 Å². The van der Waals surface area contributed by atoms with Crippen LogP contribution in [0.2, 0.25) is 0 Å². The van der Waals surface area contributed by atoms with Gasteiger partial charge in [-0.05, 0) is 35.4 Å². The maximum Gasteiger partial charge on any atom is 0.256 e. The number of aliphatic hydroxyl groups is 1. The maximum absolute atomic E-state index is 12.7. The van der Waals surface area contributed by atoms with Gasteiger partial charge >= 0.3 is 0 Å². The van der Waals surface area contributed by atoms with Gasteiger partial charge in [-0.3, -0.25) is 4.79 Å². The molecule has 2 N–H and O–H groups in total. The summed E-state index contributed by atoms with van der Waals surface area (Å²) < 4.78 is 19.7.